The number of nitrogens with zero attached hydrogens (tertiary/aromatic N) is 1. The lowest BCUT2D eigenvalue weighted by Crippen LogP contribution is -2.38. The molecule has 0 aliphatic carbocycles. The number of quaternary nitrogens is 1. The van der Waals surface area contributed by atoms with Gasteiger partial charge in [-0.1, -0.05) is 6.42 Å². The summed E-state index contributed by atoms with van der Waals surface area (Å²) in [5.41, 5.74) is 0. The van der Waals surface area contributed by atoms with Crippen LogP contribution in [0.15, 0.2) is 0 Å². The number of hydrogen-bond acceptors (Lipinski definition) is 1. The first-order chi connectivity index (χ1) is 3.98. The van der Waals surface area contributed by atoms with E-state index in [0.29, 0.717) is 0 Å². The summed E-state index contributed by atoms with van der Waals surface area (Å²) in [7, 11) is 3.32. The highest BCUT2D eigenvalue weighted by molar-refractivity contribution is 5.68. The van der Waals surface area contributed by atoms with Gasteiger partial charge in [0.25, 0.3) is 0 Å². The smallest absolute Gasteiger partial charge is 0.360 e. The van der Waals surface area contributed by atoms with E-state index in [1.165, 1.54) is 0 Å². The predicted octanol–water partition coefficient (Wildman–Crippen LogP) is -0.262. The maximum Gasteiger partial charge on any atom is 0.360 e. The van der Waals surface area contributed by atoms with E-state index in [4.69, 9.17) is 11.5 Å². The molecule has 0 rings (SSSR count). The second-order valence-corrected chi connectivity index (χ2v) is 2.37. The molecule has 1 N–H and O–H groups in total. The zero-order valence-electron chi connectivity index (χ0n) is 5.59. The number of terminal acetylenes is 1. The fourth-order valence-electron chi connectivity index (χ4n) is 0.384. The van der Waals surface area contributed by atoms with E-state index < -0.39 is 5.97 Å². The van der Waals surface area contributed by atoms with Crippen molar-refractivity contribution in [1.82, 2.24) is 0 Å². The molecule has 0 saturated carbocycles. The highest BCUT2D eigenvalue weighted by atomic mass is 16.4. The van der Waals surface area contributed by atoms with Crippen LogP contribution in [0.5, 0.6) is 0 Å². The summed E-state index contributed by atoms with van der Waals surface area (Å²) in [6.45, 7) is -0.0312. The molecule has 0 radical (unpaired) electrons. The molecule has 50 valence electrons. The molecule has 3 nitrogen and oxygen atoms in total. The van der Waals surface area contributed by atoms with Crippen molar-refractivity contribution in [3.05, 3.63) is 0 Å². The van der Waals surface area contributed by atoms with Gasteiger partial charge >= 0.3 is 5.97 Å². The van der Waals surface area contributed by atoms with Gasteiger partial charge < -0.3 is 5.11 Å². The molecule has 0 aliphatic heterocycles. The van der Waals surface area contributed by atoms with Crippen LogP contribution in [-0.4, -0.2) is 36.2 Å². The molecule has 0 heterocycles. The monoisotopic (exact) mass is 128 g/mol. The lowest BCUT2D eigenvalue weighted by Gasteiger charge is -2.17. The first-order valence-electron chi connectivity index (χ1n) is 2.50. The third kappa shape index (κ3) is 3.56. The first kappa shape index (κ1) is 7.99. The van der Waals surface area contributed by atoms with Crippen LogP contribution >= 0.6 is 0 Å². The lowest BCUT2D eigenvalue weighted by molar-refractivity contribution is -0.814. The number of carboxylic acid groups (broad SMARTS) is 1. The van der Waals surface area contributed by atoms with Gasteiger partial charge in [-0.3, -0.25) is 0 Å². The SMILES string of the molecule is C#C[N+](C)(C)CC(=O)O. The molecule has 0 amide bonds. The van der Waals surface area contributed by atoms with Crippen molar-refractivity contribution < 1.29 is 14.4 Å². The van der Waals surface area contributed by atoms with Crippen LogP contribution in [0, 0.1) is 12.5 Å². The van der Waals surface area contributed by atoms with Crippen molar-refractivity contribution in [3.63, 3.8) is 0 Å². The quantitative estimate of drug-likeness (QED) is 0.411. The van der Waals surface area contributed by atoms with Crippen molar-refractivity contribution in [1.29, 1.82) is 0 Å². The number of hydrogen-bond donors (Lipinski definition) is 1. The van der Waals surface area contributed by atoms with Crippen molar-refractivity contribution >= 4 is 5.97 Å². The zero-order valence-corrected chi connectivity index (χ0v) is 5.59. The molecule has 3 heteroatoms. The van der Waals surface area contributed by atoms with E-state index in [1.54, 1.807) is 14.1 Å². The minimum Gasteiger partial charge on any atom is -0.477 e. The molecule has 0 saturated heterocycles. The highest BCUT2D eigenvalue weighted by Gasteiger charge is 2.15. The van der Waals surface area contributed by atoms with E-state index in [9.17, 15) is 4.79 Å². The van der Waals surface area contributed by atoms with Gasteiger partial charge in [-0.25, -0.2) is 9.28 Å². The van der Waals surface area contributed by atoms with Gasteiger partial charge in [-0.15, -0.1) is 0 Å². The summed E-state index contributed by atoms with van der Waals surface area (Å²) in [5.74, 6) is -0.877. The summed E-state index contributed by atoms with van der Waals surface area (Å²) in [6, 6.07) is 2.33. The normalized spacial score (nSPS) is 10.3. The average Bonchev–Trinajstić information content (AvgIpc) is 1.63. The Kier molecular flexibility index (Phi) is 2.23. The Morgan fingerprint density at radius 3 is 2.33 bits per heavy atom. The number of rotatable bonds is 2. The fraction of sp³-hybridized carbons (Fsp3) is 0.500. The number of aliphatic carboxylic acids is 1. The number of carbonyl (C=O) groups is 1. The average molecular weight is 128 g/mol. The van der Waals surface area contributed by atoms with E-state index in [1.807, 2.05) is 0 Å². The molecular formula is C6H10NO2+. The maximum absolute atomic E-state index is 10.1. The number of likely N-dealkylation sites (N-methyl/N-ethyl adjacent to an activating group) is 1. The first-order valence-corrected chi connectivity index (χ1v) is 2.50. The van der Waals surface area contributed by atoms with Crippen molar-refractivity contribution in [3.8, 4) is 12.5 Å². The minimum atomic E-state index is -0.877. The van der Waals surface area contributed by atoms with E-state index in [-0.39, 0.29) is 11.0 Å². The Bertz CT molecular complexity index is 155. The Morgan fingerprint density at radius 1 is 1.78 bits per heavy atom. The van der Waals surface area contributed by atoms with Crippen LogP contribution in [0.1, 0.15) is 0 Å². The third-order valence-electron chi connectivity index (χ3n) is 0.880. The largest absolute Gasteiger partial charge is 0.477 e. The molecule has 0 unspecified atom stereocenters. The Hall–Kier alpha value is -1.01. The summed E-state index contributed by atoms with van der Waals surface area (Å²) in [4.78, 5) is 10.1. The Labute approximate surface area is 54.5 Å². The van der Waals surface area contributed by atoms with Crippen molar-refractivity contribution in [2.75, 3.05) is 20.6 Å². The lowest BCUT2D eigenvalue weighted by atomic mass is 10.5. The second-order valence-electron chi connectivity index (χ2n) is 2.37. The summed E-state index contributed by atoms with van der Waals surface area (Å²) in [5, 5.41) is 8.27. The maximum atomic E-state index is 10.1. The highest BCUT2D eigenvalue weighted by Crippen LogP contribution is 1.90. The Morgan fingerprint density at radius 2 is 2.22 bits per heavy atom. The van der Waals surface area contributed by atoms with Gasteiger partial charge in [-0.2, -0.15) is 0 Å². The topological polar surface area (TPSA) is 37.3 Å². The number of carboxylic acids is 1. The summed E-state index contributed by atoms with van der Waals surface area (Å²) in [6.07, 6.45) is 5.01. The third-order valence-corrected chi connectivity index (χ3v) is 0.880. The molecule has 0 spiro atoms. The van der Waals surface area contributed by atoms with Gasteiger partial charge in [-0.05, 0) is 0 Å². The van der Waals surface area contributed by atoms with E-state index in [0.717, 1.165) is 0 Å². The molecule has 0 aromatic carbocycles. The summed E-state index contributed by atoms with van der Waals surface area (Å²) < 4.78 is 0.0787. The van der Waals surface area contributed by atoms with Crippen LogP contribution < -0.4 is 0 Å². The van der Waals surface area contributed by atoms with Crippen molar-refractivity contribution in [2.24, 2.45) is 0 Å². The predicted molar refractivity (Wildman–Crippen MR) is 33.4 cm³/mol. The molecule has 0 aromatic heterocycles. The van der Waals surface area contributed by atoms with Gasteiger partial charge in [0.1, 0.15) is 6.04 Å². The molecule has 0 fully saturated rings. The molecule has 0 atom stereocenters. The molecule has 0 aromatic rings. The molecule has 0 bridgehead atoms. The van der Waals surface area contributed by atoms with E-state index >= 15 is 0 Å². The second kappa shape index (κ2) is 2.51. The van der Waals surface area contributed by atoms with Crippen LogP contribution in [0.3, 0.4) is 0 Å². The zero-order chi connectivity index (χ0) is 7.49. The molecular weight excluding hydrogens is 118 g/mol. The minimum absolute atomic E-state index is 0.0312. The van der Waals surface area contributed by atoms with Gasteiger partial charge in [0.2, 0.25) is 0 Å². The van der Waals surface area contributed by atoms with Gasteiger partial charge in [0.15, 0.2) is 6.54 Å². The molecule has 9 heavy (non-hydrogen) atoms. The summed E-state index contributed by atoms with van der Waals surface area (Å²) >= 11 is 0. The van der Waals surface area contributed by atoms with Crippen LogP contribution in [0.2, 0.25) is 0 Å². The van der Waals surface area contributed by atoms with Crippen LogP contribution in [0.25, 0.3) is 0 Å². The Balaban J connectivity index is 3.91. The van der Waals surface area contributed by atoms with Crippen molar-refractivity contribution in [2.45, 2.75) is 0 Å². The van der Waals surface area contributed by atoms with Gasteiger partial charge in [0, 0.05) is 0 Å². The van der Waals surface area contributed by atoms with Crippen LogP contribution in [0.4, 0.5) is 0 Å². The van der Waals surface area contributed by atoms with Gasteiger partial charge in [0.05, 0.1) is 14.1 Å². The molecule has 0 aliphatic rings. The standard InChI is InChI=1S/C6H9NO2/c1-4-7(2,3)5-6(8)9/h1H,5H2,2-3H3/p+1. The van der Waals surface area contributed by atoms with E-state index in [2.05, 4.69) is 6.04 Å². The fourth-order valence-corrected chi connectivity index (χ4v) is 0.384. The van der Waals surface area contributed by atoms with Crippen LogP contribution in [-0.2, 0) is 4.79 Å².